The fraction of sp³-hybridized carbons (Fsp3) is 0.273. The van der Waals surface area contributed by atoms with Gasteiger partial charge in [-0.25, -0.2) is 4.99 Å². The largest absolute Gasteiger partial charge is 0.433 e. The first-order valence-electron chi connectivity index (χ1n) is 5.00. The van der Waals surface area contributed by atoms with Crippen molar-refractivity contribution in [1.82, 2.24) is 9.88 Å². The second-order valence-electron chi connectivity index (χ2n) is 3.63. The van der Waals surface area contributed by atoms with E-state index in [1.807, 2.05) is 11.0 Å². The molecule has 0 amide bonds. The number of halogens is 3. The molecule has 2 rings (SSSR count). The van der Waals surface area contributed by atoms with E-state index in [1.165, 1.54) is 6.20 Å². The van der Waals surface area contributed by atoms with Crippen molar-refractivity contribution in [3.8, 4) is 0 Å². The van der Waals surface area contributed by atoms with Crippen LogP contribution in [-0.2, 0) is 12.7 Å². The lowest BCUT2D eigenvalue weighted by Gasteiger charge is -2.19. The highest BCUT2D eigenvalue weighted by atomic mass is 19.4. The van der Waals surface area contributed by atoms with Gasteiger partial charge in [0.2, 0.25) is 0 Å². The van der Waals surface area contributed by atoms with Crippen molar-refractivity contribution in [1.29, 1.82) is 0 Å². The Labute approximate surface area is 96.3 Å². The predicted octanol–water partition coefficient (Wildman–Crippen LogP) is 2.46. The first-order valence-corrected chi connectivity index (χ1v) is 5.00. The Bertz CT molecular complexity index is 452. The number of hydrogen-bond donors (Lipinski definition) is 0. The molecule has 1 aromatic heterocycles. The molecule has 1 aromatic rings. The maximum Gasteiger partial charge on any atom is 0.433 e. The van der Waals surface area contributed by atoms with E-state index in [2.05, 4.69) is 9.98 Å². The molecular weight excluding hydrogens is 231 g/mol. The van der Waals surface area contributed by atoms with Crippen LogP contribution in [-0.4, -0.2) is 22.8 Å². The van der Waals surface area contributed by atoms with Crippen LogP contribution in [0.3, 0.4) is 0 Å². The van der Waals surface area contributed by atoms with Gasteiger partial charge in [-0.3, -0.25) is 4.98 Å². The molecule has 0 N–H and O–H groups in total. The molecule has 0 radical (unpaired) electrons. The average Bonchev–Trinajstić information content (AvgIpc) is 2.29. The van der Waals surface area contributed by atoms with Gasteiger partial charge in [0.25, 0.3) is 0 Å². The van der Waals surface area contributed by atoms with Gasteiger partial charge in [-0.05, 0) is 23.8 Å². The third-order valence-corrected chi connectivity index (χ3v) is 2.26. The lowest BCUT2D eigenvalue weighted by Crippen LogP contribution is -2.23. The zero-order valence-electron chi connectivity index (χ0n) is 8.85. The summed E-state index contributed by atoms with van der Waals surface area (Å²) in [6.45, 7) is 1.03. The van der Waals surface area contributed by atoms with Crippen molar-refractivity contribution in [2.24, 2.45) is 4.99 Å². The Morgan fingerprint density at radius 2 is 2.18 bits per heavy atom. The molecule has 0 bridgehead atoms. The number of rotatable bonds is 2. The Morgan fingerprint density at radius 3 is 2.82 bits per heavy atom. The first kappa shape index (κ1) is 11.6. The van der Waals surface area contributed by atoms with Crippen LogP contribution in [0.1, 0.15) is 11.3 Å². The van der Waals surface area contributed by atoms with Gasteiger partial charge >= 0.3 is 6.18 Å². The fourth-order valence-electron chi connectivity index (χ4n) is 1.49. The van der Waals surface area contributed by atoms with Crippen molar-refractivity contribution >= 4 is 6.34 Å². The van der Waals surface area contributed by atoms with Crippen LogP contribution in [0.2, 0.25) is 0 Å². The number of alkyl halides is 3. The summed E-state index contributed by atoms with van der Waals surface area (Å²) in [6, 6.07) is 2.63. The van der Waals surface area contributed by atoms with Gasteiger partial charge in [0.05, 0.1) is 6.34 Å². The number of pyridine rings is 1. The molecule has 0 spiro atoms. The van der Waals surface area contributed by atoms with Gasteiger partial charge in [0, 0.05) is 25.5 Å². The third-order valence-electron chi connectivity index (χ3n) is 2.26. The molecule has 90 valence electrons. The van der Waals surface area contributed by atoms with Crippen molar-refractivity contribution in [3.63, 3.8) is 0 Å². The molecule has 3 nitrogen and oxygen atoms in total. The molecule has 1 aliphatic rings. The lowest BCUT2D eigenvalue weighted by atomic mass is 10.2. The summed E-state index contributed by atoms with van der Waals surface area (Å²) in [6.07, 6.45) is 1.88. The van der Waals surface area contributed by atoms with Gasteiger partial charge in [-0.15, -0.1) is 0 Å². The second kappa shape index (κ2) is 4.57. The predicted molar refractivity (Wildman–Crippen MR) is 57.3 cm³/mol. The second-order valence-corrected chi connectivity index (χ2v) is 3.63. The Kier molecular flexibility index (Phi) is 3.12. The number of hydrogen-bond acceptors (Lipinski definition) is 3. The highest BCUT2D eigenvalue weighted by Gasteiger charge is 2.32. The van der Waals surface area contributed by atoms with Crippen LogP contribution in [0.25, 0.3) is 0 Å². The van der Waals surface area contributed by atoms with E-state index in [-0.39, 0.29) is 0 Å². The molecule has 0 saturated carbocycles. The summed E-state index contributed by atoms with van der Waals surface area (Å²) in [7, 11) is 0. The molecule has 0 unspecified atom stereocenters. The molecule has 0 aromatic carbocycles. The van der Waals surface area contributed by atoms with E-state index < -0.39 is 11.9 Å². The van der Waals surface area contributed by atoms with E-state index in [1.54, 1.807) is 18.6 Å². The van der Waals surface area contributed by atoms with Gasteiger partial charge in [0.15, 0.2) is 0 Å². The Hall–Kier alpha value is -1.85. The zero-order valence-corrected chi connectivity index (χ0v) is 8.85. The van der Waals surface area contributed by atoms with E-state index in [9.17, 15) is 13.2 Å². The molecule has 17 heavy (non-hydrogen) atoms. The van der Waals surface area contributed by atoms with Crippen molar-refractivity contribution in [3.05, 3.63) is 41.9 Å². The van der Waals surface area contributed by atoms with Crippen molar-refractivity contribution in [2.45, 2.75) is 12.7 Å². The van der Waals surface area contributed by atoms with Gasteiger partial charge in [0.1, 0.15) is 5.69 Å². The summed E-state index contributed by atoms with van der Waals surface area (Å²) in [5, 5.41) is 0. The van der Waals surface area contributed by atoms with E-state index in [0.717, 1.165) is 6.07 Å². The topological polar surface area (TPSA) is 28.5 Å². The molecule has 0 fully saturated rings. The summed E-state index contributed by atoms with van der Waals surface area (Å²) in [5.41, 5.74) is -0.298. The number of aliphatic imine (C=N–C) groups is 1. The maximum absolute atomic E-state index is 12.4. The summed E-state index contributed by atoms with van der Waals surface area (Å²) in [4.78, 5) is 9.04. The fourth-order valence-corrected chi connectivity index (χ4v) is 1.49. The van der Waals surface area contributed by atoms with Gasteiger partial charge < -0.3 is 4.90 Å². The third kappa shape index (κ3) is 3.05. The minimum Gasteiger partial charge on any atom is -0.354 e. The molecule has 0 saturated heterocycles. The molecule has 6 heteroatoms. The van der Waals surface area contributed by atoms with Crippen molar-refractivity contribution in [2.75, 3.05) is 6.54 Å². The van der Waals surface area contributed by atoms with Crippen LogP contribution >= 0.6 is 0 Å². The van der Waals surface area contributed by atoms with Crippen LogP contribution < -0.4 is 0 Å². The molecule has 0 aliphatic carbocycles. The van der Waals surface area contributed by atoms with Crippen LogP contribution in [0.5, 0.6) is 0 Å². The molecule has 0 atom stereocenters. The maximum atomic E-state index is 12.4. The number of nitrogens with zero attached hydrogens (tertiary/aromatic N) is 3. The Balaban J connectivity index is 2.11. The molecular formula is C11H10F3N3. The number of aromatic nitrogens is 1. The first-order chi connectivity index (χ1) is 8.05. The lowest BCUT2D eigenvalue weighted by molar-refractivity contribution is -0.141. The average molecular weight is 241 g/mol. The Morgan fingerprint density at radius 1 is 1.35 bits per heavy atom. The van der Waals surface area contributed by atoms with E-state index in [0.29, 0.717) is 18.7 Å². The summed E-state index contributed by atoms with van der Waals surface area (Å²) >= 11 is 0. The smallest absolute Gasteiger partial charge is 0.354 e. The van der Waals surface area contributed by atoms with Crippen LogP contribution in [0.4, 0.5) is 13.2 Å². The molecule has 1 aliphatic heterocycles. The summed E-state index contributed by atoms with van der Waals surface area (Å²) in [5.74, 6) is 0. The molecule has 2 heterocycles. The van der Waals surface area contributed by atoms with Crippen LogP contribution in [0.15, 0.2) is 35.6 Å². The highest BCUT2D eigenvalue weighted by Crippen LogP contribution is 2.27. The van der Waals surface area contributed by atoms with E-state index in [4.69, 9.17) is 0 Å². The normalized spacial score (nSPS) is 15.4. The quantitative estimate of drug-likeness (QED) is 0.795. The highest BCUT2D eigenvalue weighted by molar-refractivity contribution is 5.57. The zero-order chi connectivity index (χ0) is 12.3. The van der Waals surface area contributed by atoms with E-state index >= 15 is 0 Å². The monoisotopic (exact) mass is 241 g/mol. The van der Waals surface area contributed by atoms with Crippen molar-refractivity contribution < 1.29 is 13.2 Å². The minimum atomic E-state index is -4.40. The van der Waals surface area contributed by atoms with Gasteiger partial charge in [-0.2, -0.15) is 13.2 Å². The van der Waals surface area contributed by atoms with Gasteiger partial charge in [-0.1, -0.05) is 0 Å². The standard InChI is InChI=1S/C11H10F3N3/c12-11(13,14)10-6-9(2-4-16-10)7-17-5-1-3-15-8-17/h1-4,6,8H,5,7H2. The summed E-state index contributed by atoms with van der Waals surface area (Å²) < 4.78 is 37.3. The SMILES string of the molecule is FC(F)(F)c1cc(CN2C=NC=CC2)ccn1. The van der Waals surface area contributed by atoms with Crippen LogP contribution in [0, 0.1) is 0 Å². The minimum absolute atomic E-state index is 0.388.